The monoisotopic (exact) mass is 456 g/mol. The molecule has 0 bridgehead atoms. The van der Waals surface area contributed by atoms with Crippen molar-refractivity contribution < 1.29 is 23.9 Å². The molecule has 0 saturated heterocycles. The molecule has 7 heteroatoms. The summed E-state index contributed by atoms with van der Waals surface area (Å²) in [6.07, 6.45) is 7.15. The predicted octanol–water partition coefficient (Wildman–Crippen LogP) is 5.48. The Kier molecular flexibility index (Phi) is 15.4. The summed E-state index contributed by atoms with van der Waals surface area (Å²) in [4.78, 5) is 34.7. The molecule has 0 N–H and O–H groups in total. The molecule has 0 aliphatic carbocycles. The first-order chi connectivity index (χ1) is 13.8. The van der Waals surface area contributed by atoms with Crippen molar-refractivity contribution in [3.05, 3.63) is 48.6 Å². The molecule has 0 fully saturated rings. The van der Waals surface area contributed by atoms with Crippen LogP contribution in [-0.4, -0.2) is 39.8 Å². The van der Waals surface area contributed by atoms with Gasteiger partial charge in [-0.05, 0) is 41.5 Å². The second-order valence-electron chi connectivity index (χ2n) is 6.71. The van der Waals surface area contributed by atoms with Crippen LogP contribution in [0.15, 0.2) is 48.6 Å². The minimum Gasteiger partial charge on any atom is -0.465 e. The molecule has 0 aromatic carbocycles. The van der Waals surface area contributed by atoms with Crippen LogP contribution in [0.25, 0.3) is 0 Å². The number of hydrogen-bond acceptors (Lipinski definition) is 7. The zero-order chi connectivity index (χ0) is 24.0. The minimum absolute atomic E-state index is 0.0336. The lowest BCUT2D eigenvalue weighted by molar-refractivity contribution is -0.145. The van der Waals surface area contributed by atoms with Crippen LogP contribution in [0.3, 0.4) is 0 Å². The lowest BCUT2D eigenvalue weighted by Crippen LogP contribution is -2.33. The predicted molar refractivity (Wildman–Crippen MR) is 130 cm³/mol. The topological polar surface area (TPSA) is 69.7 Å². The molecule has 0 aliphatic rings. The van der Waals surface area contributed by atoms with Crippen LogP contribution in [0.2, 0.25) is 0 Å². The number of carbonyl (C=O) groups excluding carboxylic acids is 3. The van der Waals surface area contributed by atoms with Crippen molar-refractivity contribution in [3.63, 3.8) is 0 Å². The van der Waals surface area contributed by atoms with Gasteiger partial charge in [-0.3, -0.25) is 14.4 Å². The number of thiol groups is 1. The van der Waals surface area contributed by atoms with Gasteiger partial charge in [-0.15, -0.1) is 0 Å². The molecule has 0 rings (SSSR count). The Balaban J connectivity index is 0. The molecule has 0 aromatic heterocycles. The highest BCUT2D eigenvalue weighted by Crippen LogP contribution is 2.31. The Labute approximate surface area is 191 Å². The molecule has 0 saturated carbocycles. The second-order valence-corrected chi connectivity index (χ2v) is 9.14. The molecule has 0 unspecified atom stereocenters. The van der Waals surface area contributed by atoms with Crippen molar-refractivity contribution in [1.82, 2.24) is 0 Å². The molecule has 0 heterocycles. The Morgan fingerprint density at radius 1 is 0.900 bits per heavy atom. The normalized spacial score (nSPS) is 15.5. The first kappa shape index (κ1) is 30.5. The molecular weight excluding hydrogens is 420 g/mol. The van der Waals surface area contributed by atoms with Gasteiger partial charge < -0.3 is 9.47 Å². The van der Waals surface area contributed by atoms with E-state index in [0.717, 1.165) is 22.9 Å². The SMILES string of the molecule is C=C/C(C)=C/[C@@](C)(S)C(=O)OCC.C=C/C(C)=C/[C@@](C)(SC(=O)CC)C(=O)OCC. The summed E-state index contributed by atoms with van der Waals surface area (Å²) in [5.41, 5.74) is 1.75. The third-order valence-corrected chi connectivity index (χ3v) is 5.18. The zero-order valence-corrected chi connectivity index (χ0v) is 21.0. The molecule has 0 amide bonds. The molecule has 0 radical (unpaired) electrons. The summed E-state index contributed by atoms with van der Waals surface area (Å²) < 4.78 is 8.03. The number of esters is 2. The van der Waals surface area contributed by atoms with E-state index in [-0.39, 0.29) is 11.1 Å². The van der Waals surface area contributed by atoms with Gasteiger partial charge in [0.2, 0.25) is 0 Å². The number of allylic oxidation sites excluding steroid dienone is 4. The first-order valence-electron chi connectivity index (χ1n) is 9.75. The van der Waals surface area contributed by atoms with Gasteiger partial charge in [0.05, 0.1) is 13.2 Å². The van der Waals surface area contributed by atoms with Gasteiger partial charge >= 0.3 is 11.9 Å². The molecule has 2 atom stereocenters. The van der Waals surface area contributed by atoms with Crippen molar-refractivity contribution >= 4 is 41.4 Å². The Morgan fingerprint density at radius 2 is 1.33 bits per heavy atom. The van der Waals surface area contributed by atoms with Gasteiger partial charge in [0.1, 0.15) is 9.49 Å². The number of ether oxygens (including phenoxy) is 2. The molecule has 0 aliphatic heterocycles. The van der Waals surface area contributed by atoms with Gasteiger partial charge in [0, 0.05) is 6.42 Å². The maximum absolute atomic E-state index is 11.9. The quantitative estimate of drug-likeness (QED) is 0.267. The molecule has 170 valence electrons. The standard InChI is InChI=1S/C13H20O3S.C10H16O2S/c1-6-10(4)9-13(5,12(15)16-8-3)17-11(14)7-2;1-5-8(3)7-10(4,13)9(11)12-6-2/h6,9H,1,7-8H2,2-5H3;5,7,13H,1,6H2,2-4H3/b10-9+;8-7+/t13-;10-/m11/s1. The van der Waals surface area contributed by atoms with Crippen LogP contribution >= 0.6 is 24.4 Å². The van der Waals surface area contributed by atoms with Crippen LogP contribution in [0.1, 0.15) is 54.9 Å². The Bertz CT molecular complexity index is 677. The van der Waals surface area contributed by atoms with Gasteiger partial charge in [-0.2, -0.15) is 12.6 Å². The molecule has 0 aromatic rings. The summed E-state index contributed by atoms with van der Waals surface area (Å²) in [6, 6.07) is 0. The number of rotatable bonds is 10. The van der Waals surface area contributed by atoms with E-state index in [1.165, 1.54) is 0 Å². The summed E-state index contributed by atoms with van der Waals surface area (Å²) in [5.74, 6) is -0.729. The fourth-order valence-corrected chi connectivity index (χ4v) is 3.32. The van der Waals surface area contributed by atoms with Crippen LogP contribution in [-0.2, 0) is 23.9 Å². The zero-order valence-electron chi connectivity index (χ0n) is 19.2. The van der Waals surface area contributed by atoms with E-state index in [9.17, 15) is 14.4 Å². The van der Waals surface area contributed by atoms with Crippen molar-refractivity contribution in [2.75, 3.05) is 13.2 Å². The highest BCUT2D eigenvalue weighted by molar-refractivity contribution is 8.15. The molecule has 0 spiro atoms. The number of hydrogen-bond donors (Lipinski definition) is 1. The van der Waals surface area contributed by atoms with E-state index in [4.69, 9.17) is 9.47 Å². The van der Waals surface area contributed by atoms with Gasteiger partial charge in [-0.25, -0.2) is 0 Å². The van der Waals surface area contributed by atoms with Gasteiger partial charge in [0.25, 0.3) is 0 Å². The van der Waals surface area contributed by atoms with Crippen LogP contribution in [0.5, 0.6) is 0 Å². The largest absolute Gasteiger partial charge is 0.465 e. The van der Waals surface area contributed by atoms with Crippen molar-refractivity contribution in [2.45, 2.75) is 64.4 Å². The van der Waals surface area contributed by atoms with Crippen molar-refractivity contribution in [3.8, 4) is 0 Å². The summed E-state index contributed by atoms with van der Waals surface area (Å²) in [7, 11) is 0. The molecule has 5 nitrogen and oxygen atoms in total. The average Bonchev–Trinajstić information content (AvgIpc) is 2.67. The van der Waals surface area contributed by atoms with E-state index >= 15 is 0 Å². The highest BCUT2D eigenvalue weighted by atomic mass is 32.2. The minimum atomic E-state index is -0.971. The summed E-state index contributed by atoms with van der Waals surface area (Å²) in [6.45, 7) is 20.3. The lowest BCUT2D eigenvalue weighted by atomic mass is 10.1. The average molecular weight is 457 g/mol. The Hall–Kier alpha value is -1.73. The van der Waals surface area contributed by atoms with Crippen LogP contribution in [0.4, 0.5) is 0 Å². The van der Waals surface area contributed by atoms with E-state index in [1.807, 2.05) is 13.8 Å². The molecule has 30 heavy (non-hydrogen) atoms. The van der Waals surface area contributed by atoms with Crippen molar-refractivity contribution in [2.24, 2.45) is 0 Å². The fraction of sp³-hybridized carbons (Fsp3) is 0.522. The lowest BCUT2D eigenvalue weighted by Gasteiger charge is -2.22. The summed E-state index contributed by atoms with van der Waals surface area (Å²) in [5, 5.41) is -0.0336. The maximum atomic E-state index is 11.9. The molecular formula is C23H36O5S2. The van der Waals surface area contributed by atoms with Crippen LogP contribution in [0, 0.1) is 0 Å². The third kappa shape index (κ3) is 12.1. The fourth-order valence-electron chi connectivity index (χ4n) is 2.04. The van der Waals surface area contributed by atoms with E-state index in [0.29, 0.717) is 19.6 Å². The second kappa shape index (κ2) is 15.1. The van der Waals surface area contributed by atoms with E-state index < -0.39 is 15.5 Å². The number of thioether (sulfide) groups is 1. The third-order valence-electron chi connectivity index (χ3n) is 3.64. The summed E-state index contributed by atoms with van der Waals surface area (Å²) >= 11 is 5.21. The van der Waals surface area contributed by atoms with Gasteiger partial charge in [0.15, 0.2) is 5.12 Å². The first-order valence-corrected chi connectivity index (χ1v) is 11.0. The van der Waals surface area contributed by atoms with Gasteiger partial charge in [-0.1, -0.05) is 67.3 Å². The maximum Gasteiger partial charge on any atom is 0.326 e. The van der Waals surface area contributed by atoms with Crippen LogP contribution < -0.4 is 0 Å². The Morgan fingerprint density at radius 3 is 1.73 bits per heavy atom. The van der Waals surface area contributed by atoms with E-state index in [1.54, 1.807) is 58.9 Å². The van der Waals surface area contributed by atoms with Crippen molar-refractivity contribution in [1.29, 1.82) is 0 Å². The highest BCUT2D eigenvalue weighted by Gasteiger charge is 2.35. The smallest absolute Gasteiger partial charge is 0.326 e. The van der Waals surface area contributed by atoms with E-state index in [2.05, 4.69) is 25.8 Å². The number of carbonyl (C=O) groups is 3.